The van der Waals surface area contributed by atoms with Crippen molar-refractivity contribution >= 4 is 12.9 Å². The van der Waals surface area contributed by atoms with Gasteiger partial charge in [-0.2, -0.15) is 0 Å². The maximum absolute atomic E-state index is 13.0. The minimum absolute atomic E-state index is 0.201. The molecule has 0 radical (unpaired) electrons. The molecular formula is C22H30NO5P. The Balaban J connectivity index is 1.69. The fourth-order valence-electron chi connectivity index (χ4n) is 3.26. The van der Waals surface area contributed by atoms with E-state index in [0.717, 1.165) is 37.2 Å². The number of ether oxygens (including phenoxy) is 2. The predicted molar refractivity (Wildman–Crippen MR) is 114 cm³/mol. The zero-order valence-corrected chi connectivity index (χ0v) is 18.0. The van der Waals surface area contributed by atoms with Crippen LogP contribution in [0.3, 0.4) is 0 Å². The van der Waals surface area contributed by atoms with Crippen molar-refractivity contribution in [2.45, 2.75) is 39.4 Å². The van der Waals surface area contributed by atoms with Gasteiger partial charge in [0.05, 0.1) is 18.5 Å². The largest absolute Gasteiger partial charge is 0.486 e. The van der Waals surface area contributed by atoms with Crippen LogP contribution in [0.2, 0.25) is 0 Å². The second-order valence-corrected chi connectivity index (χ2v) is 8.83. The highest BCUT2D eigenvalue weighted by Gasteiger charge is 2.26. The van der Waals surface area contributed by atoms with Gasteiger partial charge >= 0.3 is 7.60 Å². The Labute approximate surface area is 173 Å². The molecule has 0 unspecified atom stereocenters. The fourth-order valence-corrected chi connectivity index (χ4v) is 4.91. The van der Waals surface area contributed by atoms with Crippen molar-refractivity contribution in [2.75, 3.05) is 26.3 Å². The molecule has 0 atom stereocenters. The van der Waals surface area contributed by atoms with E-state index < -0.39 is 7.60 Å². The van der Waals surface area contributed by atoms with E-state index in [9.17, 15) is 4.57 Å². The van der Waals surface area contributed by atoms with Crippen molar-refractivity contribution in [3.8, 4) is 11.5 Å². The number of hydrogen-bond donors (Lipinski definition) is 1. The summed E-state index contributed by atoms with van der Waals surface area (Å²) >= 11 is 0. The lowest BCUT2D eigenvalue weighted by atomic mass is 10.1. The molecule has 6 nitrogen and oxygen atoms in total. The van der Waals surface area contributed by atoms with E-state index in [4.69, 9.17) is 18.5 Å². The third kappa shape index (κ3) is 6.06. The zero-order chi connectivity index (χ0) is 20.5. The van der Waals surface area contributed by atoms with E-state index in [0.29, 0.717) is 30.9 Å². The first kappa shape index (κ1) is 21.8. The van der Waals surface area contributed by atoms with Crippen LogP contribution in [-0.2, 0) is 20.2 Å². The van der Waals surface area contributed by atoms with Gasteiger partial charge in [0.15, 0.2) is 11.5 Å². The van der Waals surface area contributed by atoms with Crippen molar-refractivity contribution in [1.29, 1.82) is 0 Å². The second kappa shape index (κ2) is 10.8. The maximum Gasteiger partial charge on any atom is 0.361 e. The van der Waals surface area contributed by atoms with Crippen LogP contribution in [-0.4, -0.2) is 32.4 Å². The summed E-state index contributed by atoms with van der Waals surface area (Å²) in [5.41, 5.74) is 0.888. The molecule has 29 heavy (non-hydrogen) atoms. The summed E-state index contributed by atoms with van der Waals surface area (Å²) in [6, 6.07) is 15.1. The average Bonchev–Trinajstić information content (AvgIpc) is 2.74. The SMILES string of the molecule is CCOP(=O)(OCC)c1cccc(COc2ccccc2OC2CCNCC2)c1. The monoisotopic (exact) mass is 419 g/mol. The van der Waals surface area contributed by atoms with E-state index in [-0.39, 0.29) is 6.10 Å². The average molecular weight is 419 g/mol. The molecule has 0 spiro atoms. The topological polar surface area (TPSA) is 66.0 Å². The fraction of sp³-hybridized carbons (Fsp3) is 0.455. The number of hydrogen-bond acceptors (Lipinski definition) is 6. The van der Waals surface area contributed by atoms with E-state index in [1.807, 2.05) is 42.5 Å². The number of rotatable bonds is 10. The molecule has 1 aliphatic rings. The maximum atomic E-state index is 13.0. The van der Waals surface area contributed by atoms with Crippen LogP contribution in [0.5, 0.6) is 11.5 Å². The van der Waals surface area contributed by atoms with Crippen LogP contribution < -0.4 is 20.1 Å². The molecule has 2 aromatic carbocycles. The van der Waals surface area contributed by atoms with Gasteiger partial charge < -0.3 is 23.8 Å². The van der Waals surface area contributed by atoms with Crippen LogP contribution in [0, 0.1) is 0 Å². The van der Waals surface area contributed by atoms with Gasteiger partial charge in [0, 0.05) is 0 Å². The van der Waals surface area contributed by atoms with Gasteiger partial charge in [-0.05, 0) is 69.6 Å². The molecule has 1 aliphatic heterocycles. The van der Waals surface area contributed by atoms with Gasteiger partial charge in [0.1, 0.15) is 12.7 Å². The van der Waals surface area contributed by atoms with E-state index in [2.05, 4.69) is 5.32 Å². The molecule has 0 aliphatic carbocycles. The van der Waals surface area contributed by atoms with Crippen molar-refractivity contribution in [3.63, 3.8) is 0 Å². The highest BCUT2D eigenvalue weighted by atomic mass is 31.2. The minimum atomic E-state index is -3.31. The Morgan fingerprint density at radius 3 is 2.34 bits per heavy atom. The number of piperidine rings is 1. The van der Waals surface area contributed by atoms with Crippen LogP contribution in [0.4, 0.5) is 0 Å². The Hall–Kier alpha value is -1.85. The molecule has 1 N–H and O–H groups in total. The van der Waals surface area contributed by atoms with E-state index >= 15 is 0 Å². The third-order valence-corrected chi connectivity index (χ3v) is 6.76. The summed E-state index contributed by atoms with van der Waals surface area (Å²) in [5, 5.41) is 3.89. The van der Waals surface area contributed by atoms with E-state index in [1.54, 1.807) is 19.9 Å². The first-order valence-electron chi connectivity index (χ1n) is 10.2. The van der Waals surface area contributed by atoms with Gasteiger partial charge in [-0.3, -0.25) is 4.57 Å². The molecule has 2 aromatic rings. The molecule has 0 aromatic heterocycles. The summed E-state index contributed by atoms with van der Waals surface area (Å²) in [6.45, 7) is 6.52. The van der Waals surface area contributed by atoms with Crippen LogP contribution in [0.1, 0.15) is 32.3 Å². The Bertz CT molecular complexity index is 812. The smallest absolute Gasteiger partial charge is 0.361 e. The first-order chi connectivity index (χ1) is 14.1. The molecule has 0 amide bonds. The van der Waals surface area contributed by atoms with E-state index in [1.165, 1.54) is 0 Å². The lowest BCUT2D eigenvalue weighted by Gasteiger charge is -2.25. The Morgan fingerprint density at radius 2 is 1.66 bits per heavy atom. The molecule has 3 rings (SSSR count). The van der Waals surface area contributed by atoms with Crippen molar-refractivity contribution in [3.05, 3.63) is 54.1 Å². The normalized spacial score (nSPS) is 15.2. The van der Waals surface area contributed by atoms with Gasteiger partial charge in [0.25, 0.3) is 0 Å². The lowest BCUT2D eigenvalue weighted by Crippen LogP contribution is -2.34. The molecule has 158 valence electrons. The molecule has 7 heteroatoms. The number of benzene rings is 2. The lowest BCUT2D eigenvalue weighted by molar-refractivity contribution is 0.153. The number of para-hydroxylation sites is 2. The molecule has 1 heterocycles. The Kier molecular flexibility index (Phi) is 8.13. The van der Waals surface area contributed by atoms with Crippen molar-refractivity contribution in [1.82, 2.24) is 5.32 Å². The van der Waals surface area contributed by atoms with Crippen LogP contribution in [0.15, 0.2) is 48.5 Å². The summed E-state index contributed by atoms with van der Waals surface area (Å²) < 4.78 is 36.1. The summed E-state index contributed by atoms with van der Waals surface area (Å²) in [6.07, 6.45) is 2.17. The highest BCUT2D eigenvalue weighted by molar-refractivity contribution is 7.62. The zero-order valence-electron chi connectivity index (χ0n) is 17.1. The highest BCUT2D eigenvalue weighted by Crippen LogP contribution is 2.46. The van der Waals surface area contributed by atoms with Gasteiger partial charge in [-0.25, -0.2) is 0 Å². The summed E-state index contributed by atoms with van der Waals surface area (Å²) in [4.78, 5) is 0. The van der Waals surface area contributed by atoms with Gasteiger partial charge in [0.2, 0.25) is 0 Å². The van der Waals surface area contributed by atoms with Crippen molar-refractivity contribution < 1.29 is 23.1 Å². The molecule has 0 bridgehead atoms. The van der Waals surface area contributed by atoms with Crippen LogP contribution in [0.25, 0.3) is 0 Å². The molecule has 1 saturated heterocycles. The van der Waals surface area contributed by atoms with Gasteiger partial charge in [-0.15, -0.1) is 0 Å². The molecule has 1 fully saturated rings. The standard InChI is InChI=1S/C22H30NO5P/c1-3-26-29(24,27-4-2)20-9-7-8-18(16-20)17-25-21-10-5-6-11-22(21)28-19-12-14-23-15-13-19/h5-11,16,19,23H,3-4,12-15,17H2,1-2H3. The van der Waals surface area contributed by atoms with Crippen molar-refractivity contribution in [2.24, 2.45) is 0 Å². The first-order valence-corrected chi connectivity index (χ1v) is 11.8. The second-order valence-electron chi connectivity index (χ2n) is 6.81. The summed E-state index contributed by atoms with van der Waals surface area (Å²) in [7, 11) is -3.31. The summed E-state index contributed by atoms with van der Waals surface area (Å²) in [5.74, 6) is 1.46. The predicted octanol–water partition coefficient (Wildman–Crippen LogP) is 4.29. The Morgan fingerprint density at radius 1 is 0.966 bits per heavy atom. The van der Waals surface area contributed by atoms with Crippen LogP contribution >= 0.6 is 7.60 Å². The molecule has 0 saturated carbocycles. The minimum Gasteiger partial charge on any atom is -0.486 e. The van der Waals surface area contributed by atoms with Gasteiger partial charge in [-0.1, -0.05) is 24.3 Å². The quantitative estimate of drug-likeness (QED) is 0.580. The number of nitrogens with one attached hydrogen (secondary N) is 1. The third-order valence-electron chi connectivity index (χ3n) is 4.65. The molecular weight excluding hydrogens is 389 g/mol.